The minimum atomic E-state index is -4.78. The van der Waals surface area contributed by atoms with E-state index in [0.717, 1.165) is 6.07 Å². The fourth-order valence-electron chi connectivity index (χ4n) is 3.85. The van der Waals surface area contributed by atoms with E-state index in [1.54, 1.807) is 29.7 Å². The van der Waals surface area contributed by atoms with Crippen LogP contribution >= 0.6 is 0 Å². The van der Waals surface area contributed by atoms with Crippen molar-refractivity contribution in [2.75, 3.05) is 35.6 Å². The number of carbonyl (C=O) groups is 1. The van der Waals surface area contributed by atoms with Crippen molar-refractivity contribution in [2.24, 2.45) is 7.05 Å². The molecular formula is C20H23F3N8O2. The first kappa shape index (κ1) is 22.4. The number of alkyl halides is 3. The van der Waals surface area contributed by atoms with E-state index in [4.69, 9.17) is 5.73 Å². The molecule has 13 heteroatoms. The van der Waals surface area contributed by atoms with E-state index in [0.29, 0.717) is 47.7 Å². The van der Waals surface area contributed by atoms with Gasteiger partial charge in [-0.1, -0.05) is 0 Å². The summed E-state index contributed by atoms with van der Waals surface area (Å²) in [4.78, 5) is 25.1. The molecule has 0 bridgehead atoms. The third kappa shape index (κ3) is 4.86. The average Bonchev–Trinajstić information content (AvgIpc) is 3.08. The molecule has 33 heavy (non-hydrogen) atoms. The van der Waals surface area contributed by atoms with Gasteiger partial charge >= 0.3 is 12.4 Å². The van der Waals surface area contributed by atoms with Crippen LogP contribution in [-0.2, 0) is 7.05 Å². The lowest BCUT2D eigenvalue weighted by Gasteiger charge is -2.40. The molecule has 0 spiro atoms. The van der Waals surface area contributed by atoms with Crippen molar-refractivity contribution >= 4 is 34.5 Å². The number of benzene rings is 1. The number of aryl methyl sites for hydroxylation is 2. The second-order valence-electron chi connectivity index (χ2n) is 7.89. The molecule has 1 fully saturated rings. The average molecular weight is 464 g/mol. The number of halogens is 3. The van der Waals surface area contributed by atoms with Crippen LogP contribution in [0.15, 0.2) is 24.4 Å². The third-order valence-corrected chi connectivity index (χ3v) is 5.34. The second-order valence-corrected chi connectivity index (χ2v) is 7.89. The highest BCUT2D eigenvalue weighted by Gasteiger charge is 2.32. The molecule has 2 amide bonds. The molecule has 3 heterocycles. The van der Waals surface area contributed by atoms with Gasteiger partial charge in [0.1, 0.15) is 11.3 Å². The van der Waals surface area contributed by atoms with Crippen molar-refractivity contribution < 1.29 is 22.7 Å². The predicted octanol–water partition coefficient (Wildman–Crippen LogP) is 2.90. The number of urea groups is 1. The SMILES string of the molecule is Cc1cc(OC(F)(F)F)ccc1NC(=O)N1CCN(c2nc(N)nc3cn(C)nc23)[C@@H](C)C1. The molecular weight excluding hydrogens is 441 g/mol. The Kier molecular flexibility index (Phi) is 5.64. The Bertz CT molecular complexity index is 1200. The number of ether oxygens (including phenoxy) is 1. The van der Waals surface area contributed by atoms with Gasteiger partial charge in [-0.05, 0) is 37.6 Å². The van der Waals surface area contributed by atoms with Crippen molar-refractivity contribution in [3.8, 4) is 5.75 Å². The van der Waals surface area contributed by atoms with Crippen LogP contribution in [0.25, 0.3) is 11.0 Å². The number of carbonyl (C=O) groups excluding carboxylic acids is 1. The van der Waals surface area contributed by atoms with E-state index >= 15 is 0 Å². The third-order valence-electron chi connectivity index (χ3n) is 5.34. The van der Waals surface area contributed by atoms with E-state index in [-0.39, 0.29) is 23.8 Å². The van der Waals surface area contributed by atoms with Crippen molar-refractivity contribution in [2.45, 2.75) is 26.3 Å². The quantitative estimate of drug-likeness (QED) is 0.613. The van der Waals surface area contributed by atoms with Crippen molar-refractivity contribution in [3.63, 3.8) is 0 Å². The second kappa shape index (κ2) is 8.30. The van der Waals surface area contributed by atoms with Crippen LogP contribution in [0.3, 0.4) is 0 Å². The van der Waals surface area contributed by atoms with Gasteiger partial charge < -0.3 is 25.6 Å². The fraction of sp³-hybridized carbons (Fsp3) is 0.400. The van der Waals surface area contributed by atoms with Crippen molar-refractivity contribution in [1.82, 2.24) is 24.6 Å². The molecule has 1 atom stereocenters. The number of nitrogens with one attached hydrogen (secondary N) is 1. The summed E-state index contributed by atoms with van der Waals surface area (Å²) in [6, 6.07) is 3.33. The zero-order valence-corrected chi connectivity index (χ0v) is 18.2. The maximum atomic E-state index is 12.8. The molecule has 3 N–H and O–H groups in total. The summed E-state index contributed by atoms with van der Waals surface area (Å²) < 4.78 is 42.8. The Morgan fingerprint density at radius 1 is 1.27 bits per heavy atom. The number of aromatic nitrogens is 4. The first-order valence-electron chi connectivity index (χ1n) is 10.2. The largest absolute Gasteiger partial charge is 0.573 e. The number of nitrogens with zero attached hydrogens (tertiary/aromatic N) is 6. The maximum absolute atomic E-state index is 12.8. The van der Waals surface area contributed by atoms with Crippen LogP contribution in [0, 0.1) is 6.92 Å². The number of rotatable bonds is 3. The van der Waals surface area contributed by atoms with Crippen LogP contribution < -0.4 is 20.7 Å². The zero-order valence-electron chi connectivity index (χ0n) is 18.2. The predicted molar refractivity (Wildman–Crippen MR) is 116 cm³/mol. The molecule has 1 aliphatic heterocycles. The Labute approximate surface area is 187 Å². The molecule has 4 rings (SSSR count). The standard InChI is InChI=1S/C20H23F3N8O2/c1-11-8-13(33-20(21,22)23)4-5-14(11)26-19(32)30-6-7-31(12(2)9-30)17-16-15(10-29(3)28-16)25-18(24)27-17/h4-5,8,10,12H,6-7,9H2,1-3H3,(H2,24,25)(H,26,32)/t12-/m0/s1. The Balaban J connectivity index is 1.45. The Morgan fingerprint density at radius 2 is 2.03 bits per heavy atom. The molecule has 0 unspecified atom stereocenters. The number of fused-ring (bicyclic) bond motifs is 1. The molecule has 3 aromatic rings. The molecule has 0 aliphatic carbocycles. The van der Waals surface area contributed by atoms with Gasteiger partial charge in [0.05, 0.1) is 6.20 Å². The van der Waals surface area contributed by atoms with Crippen molar-refractivity contribution in [1.29, 1.82) is 0 Å². The lowest BCUT2D eigenvalue weighted by Crippen LogP contribution is -2.55. The summed E-state index contributed by atoms with van der Waals surface area (Å²) in [5.74, 6) is 0.415. The lowest BCUT2D eigenvalue weighted by atomic mass is 10.1. The minimum absolute atomic E-state index is 0.0901. The molecule has 1 saturated heterocycles. The van der Waals surface area contributed by atoms with Gasteiger partial charge in [0.15, 0.2) is 11.3 Å². The summed E-state index contributed by atoms with van der Waals surface area (Å²) >= 11 is 0. The summed E-state index contributed by atoms with van der Waals surface area (Å²) in [6.45, 7) is 4.85. The number of hydrogen-bond donors (Lipinski definition) is 2. The maximum Gasteiger partial charge on any atom is 0.573 e. The molecule has 2 aromatic heterocycles. The van der Waals surface area contributed by atoms with Crippen LogP contribution in [0.1, 0.15) is 12.5 Å². The topological polar surface area (TPSA) is 114 Å². The molecule has 1 aromatic carbocycles. The van der Waals surface area contributed by atoms with Gasteiger partial charge in [0.2, 0.25) is 5.95 Å². The number of nitrogens with two attached hydrogens (primary N) is 1. The Morgan fingerprint density at radius 3 is 2.70 bits per heavy atom. The first-order valence-corrected chi connectivity index (χ1v) is 10.2. The van der Waals surface area contributed by atoms with Crippen molar-refractivity contribution in [3.05, 3.63) is 30.0 Å². The molecule has 10 nitrogen and oxygen atoms in total. The van der Waals surface area contributed by atoms with E-state index in [2.05, 4.69) is 25.1 Å². The zero-order chi connectivity index (χ0) is 23.9. The van der Waals surface area contributed by atoms with Gasteiger partial charge in [0, 0.05) is 38.4 Å². The van der Waals surface area contributed by atoms with Gasteiger partial charge in [-0.3, -0.25) is 4.68 Å². The van der Waals surface area contributed by atoms with E-state index in [9.17, 15) is 18.0 Å². The van der Waals surface area contributed by atoms with Gasteiger partial charge in [-0.25, -0.2) is 9.78 Å². The Hall–Kier alpha value is -3.77. The molecule has 0 radical (unpaired) electrons. The summed E-state index contributed by atoms with van der Waals surface area (Å²) in [5, 5.41) is 7.19. The van der Waals surface area contributed by atoms with Gasteiger partial charge in [0.25, 0.3) is 0 Å². The van der Waals surface area contributed by atoms with Crippen LogP contribution in [0.5, 0.6) is 5.75 Å². The van der Waals surface area contributed by atoms with Crippen LogP contribution in [-0.4, -0.2) is 62.7 Å². The van der Waals surface area contributed by atoms with Crippen LogP contribution in [0.2, 0.25) is 0 Å². The summed E-state index contributed by atoms with van der Waals surface area (Å²) in [5.41, 5.74) is 8.00. The summed E-state index contributed by atoms with van der Waals surface area (Å²) in [6.07, 6.45) is -3.01. The number of nitrogen functional groups attached to an aromatic ring is 1. The monoisotopic (exact) mass is 464 g/mol. The number of piperazine rings is 1. The summed E-state index contributed by atoms with van der Waals surface area (Å²) in [7, 11) is 1.79. The fourth-order valence-corrected chi connectivity index (χ4v) is 3.85. The first-order chi connectivity index (χ1) is 15.5. The van der Waals surface area contributed by atoms with E-state index in [1.807, 2.05) is 11.8 Å². The smallest absolute Gasteiger partial charge is 0.406 e. The molecule has 1 aliphatic rings. The van der Waals surface area contributed by atoms with E-state index in [1.165, 1.54) is 12.1 Å². The number of amides is 2. The van der Waals surface area contributed by atoms with Gasteiger partial charge in [-0.15, -0.1) is 13.2 Å². The number of anilines is 3. The van der Waals surface area contributed by atoms with Gasteiger partial charge in [-0.2, -0.15) is 10.1 Å². The van der Waals surface area contributed by atoms with E-state index < -0.39 is 6.36 Å². The minimum Gasteiger partial charge on any atom is -0.406 e. The van der Waals surface area contributed by atoms with Crippen LogP contribution in [0.4, 0.5) is 35.4 Å². The molecule has 176 valence electrons. The highest BCUT2D eigenvalue weighted by molar-refractivity contribution is 5.91. The lowest BCUT2D eigenvalue weighted by molar-refractivity contribution is -0.274. The highest BCUT2D eigenvalue weighted by atomic mass is 19.4. The highest BCUT2D eigenvalue weighted by Crippen LogP contribution is 2.29. The molecule has 0 saturated carbocycles. The number of hydrogen-bond acceptors (Lipinski definition) is 7. The normalized spacial score (nSPS) is 16.8.